The van der Waals surface area contributed by atoms with Crippen LogP contribution in [0, 0.1) is 0 Å². The van der Waals surface area contributed by atoms with Gasteiger partial charge in [0.1, 0.15) is 13.2 Å². The van der Waals surface area contributed by atoms with Crippen molar-refractivity contribution in [1.29, 1.82) is 0 Å². The molecular formula is C68H120O6. The second kappa shape index (κ2) is 62.4. The Morgan fingerprint density at radius 3 is 0.838 bits per heavy atom. The smallest absolute Gasteiger partial charge is 0.306 e. The molecule has 0 saturated carbocycles. The maximum Gasteiger partial charge on any atom is 0.306 e. The topological polar surface area (TPSA) is 78.9 Å². The maximum absolute atomic E-state index is 12.9. The average Bonchev–Trinajstić information content (AvgIpc) is 3.40. The molecular weight excluding hydrogens is 913 g/mol. The van der Waals surface area contributed by atoms with E-state index in [9.17, 15) is 14.4 Å². The molecule has 0 radical (unpaired) electrons. The Kier molecular flexibility index (Phi) is 59.7. The summed E-state index contributed by atoms with van der Waals surface area (Å²) in [4.78, 5) is 38.3. The highest BCUT2D eigenvalue weighted by atomic mass is 16.6. The third-order valence-electron chi connectivity index (χ3n) is 13.9. The van der Waals surface area contributed by atoms with Crippen LogP contribution in [0.2, 0.25) is 0 Å². The van der Waals surface area contributed by atoms with Crippen molar-refractivity contribution in [3.63, 3.8) is 0 Å². The Balaban J connectivity index is 4.39. The van der Waals surface area contributed by atoms with Crippen LogP contribution in [0.4, 0.5) is 0 Å². The number of hydrogen-bond donors (Lipinski definition) is 0. The van der Waals surface area contributed by atoms with Crippen LogP contribution >= 0.6 is 0 Å². The molecule has 0 aliphatic heterocycles. The first-order valence-corrected chi connectivity index (χ1v) is 31.9. The van der Waals surface area contributed by atoms with Gasteiger partial charge in [0, 0.05) is 19.3 Å². The van der Waals surface area contributed by atoms with Crippen molar-refractivity contribution in [2.75, 3.05) is 13.2 Å². The second-order valence-corrected chi connectivity index (χ2v) is 21.3. The molecule has 0 aromatic heterocycles. The fraction of sp³-hybridized carbons (Fsp3) is 0.779. The second-order valence-electron chi connectivity index (χ2n) is 21.3. The zero-order valence-electron chi connectivity index (χ0n) is 49.1. The van der Waals surface area contributed by atoms with Crippen LogP contribution in [0.5, 0.6) is 0 Å². The molecule has 0 rings (SSSR count). The van der Waals surface area contributed by atoms with Gasteiger partial charge in [-0.15, -0.1) is 0 Å². The van der Waals surface area contributed by atoms with Crippen LogP contribution < -0.4 is 0 Å². The highest BCUT2D eigenvalue weighted by Gasteiger charge is 2.19. The Bertz CT molecular complexity index is 1370. The lowest BCUT2D eigenvalue weighted by Gasteiger charge is -2.18. The van der Waals surface area contributed by atoms with Gasteiger partial charge in [-0.2, -0.15) is 0 Å². The first-order chi connectivity index (χ1) is 36.5. The van der Waals surface area contributed by atoms with E-state index in [1.807, 2.05) is 0 Å². The van der Waals surface area contributed by atoms with Crippen molar-refractivity contribution in [2.45, 2.75) is 329 Å². The van der Waals surface area contributed by atoms with Crippen LogP contribution in [0.15, 0.2) is 72.9 Å². The van der Waals surface area contributed by atoms with Crippen LogP contribution in [0.1, 0.15) is 323 Å². The van der Waals surface area contributed by atoms with E-state index in [0.717, 1.165) is 89.9 Å². The summed E-state index contributed by atoms with van der Waals surface area (Å²) in [5.74, 6) is -0.882. The van der Waals surface area contributed by atoms with Gasteiger partial charge in [-0.3, -0.25) is 14.4 Å². The van der Waals surface area contributed by atoms with Crippen molar-refractivity contribution < 1.29 is 28.6 Å². The van der Waals surface area contributed by atoms with E-state index in [1.54, 1.807) is 0 Å². The molecule has 428 valence electrons. The largest absolute Gasteiger partial charge is 0.462 e. The van der Waals surface area contributed by atoms with Crippen LogP contribution in [0.25, 0.3) is 0 Å². The van der Waals surface area contributed by atoms with E-state index >= 15 is 0 Å². The molecule has 6 nitrogen and oxygen atoms in total. The number of esters is 3. The molecule has 0 spiro atoms. The summed E-state index contributed by atoms with van der Waals surface area (Å²) >= 11 is 0. The number of unbranched alkanes of at least 4 members (excludes halogenated alkanes) is 35. The number of allylic oxidation sites excluding steroid dienone is 12. The Labute approximate surface area is 459 Å². The van der Waals surface area contributed by atoms with E-state index in [1.165, 1.54) is 193 Å². The van der Waals surface area contributed by atoms with Gasteiger partial charge < -0.3 is 14.2 Å². The number of carbonyl (C=O) groups excluding carboxylic acids is 3. The third kappa shape index (κ3) is 59.7. The van der Waals surface area contributed by atoms with E-state index in [2.05, 4.69) is 93.7 Å². The van der Waals surface area contributed by atoms with Crippen molar-refractivity contribution in [3.05, 3.63) is 72.9 Å². The summed E-state index contributed by atoms with van der Waals surface area (Å²) in [7, 11) is 0. The Morgan fingerprint density at radius 2 is 0.527 bits per heavy atom. The van der Waals surface area contributed by atoms with E-state index in [-0.39, 0.29) is 31.1 Å². The molecule has 0 heterocycles. The van der Waals surface area contributed by atoms with E-state index in [4.69, 9.17) is 14.2 Å². The molecule has 0 bridgehead atoms. The zero-order valence-corrected chi connectivity index (χ0v) is 49.1. The molecule has 6 heteroatoms. The van der Waals surface area contributed by atoms with Gasteiger partial charge in [0.05, 0.1) is 0 Å². The third-order valence-corrected chi connectivity index (χ3v) is 13.9. The van der Waals surface area contributed by atoms with Crippen LogP contribution in [0.3, 0.4) is 0 Å². The zero-order chi connectivity index (χ0) is 53.6. The minimum Gasteiger partial charge on any atom is -0.462 e. The van der Waals surface area contributed by atoms with Crippen molar-refractivity contribution in [1.82, 2.24) is 0 Å². The fourth-order valence-electron chi connectivity index (χ4n) is 9.13. The van der Waals surface area contributed by atoms with Gasteiger partial charge in [-0.25, -0.2) is 0 Å². The number of ether oxygens (including phenoxy) is 3. The maximum atomic E-state index is 12.9. The predicted molar refractivity (Wildman–Crippen MR) is 321 cm³/mol. The lowest BCUT2D eigenvalue weighted by molar-refractivity contribution is -0.167. The molecule has 0 aromatic carbocycles. The normalized spacial score (nSPS) is 12.5. The Hall–Kier alpha value is -3.15. The molecule has 1 unspecified atom stereocenters. The van der Waals surface area contributed by atoms with Crippen LogP contribution in [-0.4, -0.2) is 37.2 Å². The van der Waals surface area contributed by atoms with Gasteiger partial charge in [0.15, 0.2) is 6.10 Å². The van der Waals surface area contributed by atoms with Gasteiger partial charge in [-0.05, 0) is 109 Å². The Morgan fingerprint density at radius 1 is 0.284 bits per heavy atom. The lowest BCUT2D eigenvalue weighted by Crippen LogP contribution is -2.30. The van der Waals surface area contributed by atoms with Crippen molar-refractivity contribution in [2.24, 2.45) is 0 Å². The number of hydrogen-bond acceptors (Lipinski definition) is 6. The SMILES string of the molecule is CC/C=C\C/C=C\C/C=C\C/C=C\CCCCCCCCCCC(=O)OCC(COC(=O)CCCCCCCCC/C=C\CCCCCCCC)OC(=O)CCCCCCCCC/C=C\CCCCCCCCC. The summed E-state index contributed by atoms with van der Waals surface area (Å²) in [6, 6.07) is 0. The molecule has 0 aliphatic rings. The van der Waals surface area contributed by atoms with Gasteiger partial charge in [-0.1, -0.05) is 267 Å². The summed E-state index contributed by atoms with van der Waals surface area (Å²) in [5, 5.41) is 0. The number of rotatable bonds is 58. The van der Waals surface area contributed by atoms with Crippen molar-refractivity contribution in [3.8, 4) is 0 Å². The van der Waals surface area contributed by atoms with Gasteiger partial charge in [0.25, 0.3) is 0 Å². The minimum absolute atomic E-state index is 0.0803. The first kappa shape index (κ1) is 70.8. The highest BCUT2D eigenvalue weighted by Crippen LogP contribution is 2.16. The molecule has 0 fully saturated rings. The molecule has 0 N–H and O–H groups in total. The average molecular weight is 1030 g/mol. The highest BCUT2D eigenvalue weighted by molar-refractivity contribution is 5.71. The molecule has 0 aliphatic carbocycles. The molecule has 74 heavy (non-hydrogen) atoms. The predicted octanol–water partition coefficient (Wildman–Crippen LogP) is 21.7. The lowest BCUT2D eigenvalue weighted by atomic mass is 10.1. The number of carbonyl (C=O) groups is 3. The van der Waals surface area contributed by atoms with Gasteiger partial charge >= 0.3 is 17.9 Å². The molecule has 0 aromatic rings. The standard InChI is InChI=1S/C68H120O6/c1-4-7-10-13-16-19-22-25-28-31-33-34-35-38-40-43-46-49-52-55-58-61-67(70)73-64-65(63-72-66(69)60-57-54-51-48-45-42-39-36-30-27-24-21-18-15-12-9-6-3)74-68(71)62-59-56-53-50-47-44-41-37-32-29-26-23-20-17-14-11-8-5-2/h7,10,16,19,25,27-30,32-34,65H,4-6,8-9,11-15,17-18,20-24,26,31,35-64H2,1-3H3/b10-7-,19-16-,28-25-,30-27-,32-29-,34-33-. The van der Waals surface area contributed by atoms with E-state index < -0.39 is 6.10 Å². The quantitative estimate of drug-likeness (QED) is 0.0261. The molecule has 0 amide bonds. The molecule has 1 atom stereocenters. The summed E-state index contributed by atoms with van der Waals surface area (Å²) in [6.45, 7) is 6.55. The van der Waals surface area contributed by atoms with Crippen molar-refractivity contribution >= 4 is 17.9 Å². The molecule has 0 saturated heterocycles. The fourth-order valence-corrected chi connectivity index (χ4v) is 9.13. The summed E-state index contributed by atoms with van der Waals surface area (Å²) in [5.41, 5.74) is 0. The first-order valence-electron chi connectivity index (χ1n) is 31.9. The minimum atomic E-state index is -0.784. The monoisotopic (exact) mass is 1030 g/mol. The van der Waals surface area contributed by atoms with Crippen LogP contribution in [-0.2, 0) is 28.6 Å². The van der Waals surface area contributed by atoms with Gasteiger partial charge in [0.2, 0.25) is 0 Å². The van der Waals surface area contributed by atoms with E-state index in [0.29, 0.717) is 19.3 Å². The summed E-state index contributed by atoms with van der Waals surface area (Å²) < 4.78 is 16.9. The summed E-state index contributed by atoms with van der Waals surface area (Å²) in [6.07, 6.45) is 80.4.